The number of primary amides is 1. The van der Waals surface area contributed by atoms with Crippen molar-refractivity contribution >= 4 is 21.8 Å². The molecular weight excluding hydrogens is 260 g/mol. The Morgan fingerprint density at radius 3 is 2.80 bits per heavy atom. The lowest BCUT2D eigenvalue weighted by atomic mass is 10.1. The normalized spacial score (nSPS) is 12.2. The molecule has 0 aliphatic carbocycles. The van der Waals surface area contributed by atoms with Crippen molar-refractivity contribution in [1.29, 1.82) is 0 Å². The number of carbonyl (C=O) groups excluding carboxylic acids is 1. The predicted octanol–water partition coefficient (Wildman–Crippen LogP) is 1.33. The van der Waals surface area contributed by atoms with Gasteiger partial charge in [-0.1, -0.05) is 15.9 Å². The van der Waals surface area contributed by atoms with Gasteiger partial charge in [0.1, 0.15) is 5.75 Å². The molecule has 0 saturated heterocycles. The molecule has 0 aromatic heterocycles. The largest absolute Gasteiger partial charge is 0.483 e. The van der Waals surface area contributed by atoms with Gasteiger partial charge >= 0.3 is 0 Å². The van der Waals surface area contributed by atoms with Crippen molar-refractivity contribution in [2.75, 3.05) is 6.61 Å². The van der Waals surface area contributed by atoms with Crippen LogP contribution in [0.4, 0.5) is 0 Å². The highest BCUT2D eigenvalue weighted by Crippen LogP contribution is 2.27. The summed E-state index contributed by atoms with van der Waals surface area (Å²) in [5.74, 6) is 0.0838. The average Bonchev–Trinajstić information content (AvgIpc) is 2.15. The minimum atomic E-state index is -0.506. The van der Waals surface area contributed by atoms with Crippen molar-refractivity contribution in [2.45, 2.75) is 13.0 Å². The molecule has 82 valence electrons. The van der Waals surface area contributed by atoms with E-state index in [0.29, 0.717) is 5.75 Å². The molecule has 15 heavy (non-hydrogen) atoms. The third-order valence-corrected chi connectivity index (χ3v) is 2.33. The van der Waals surface area contributed by atoms with Crippen LogP contribution >= 0.6 is 15.9 Å². The van der Waals surface area contributed by atoms with Crippen LogP contribution < -0.4 is 16.2 Å². The van der Waals surface area contributed by atoms with E-state index in [9.17, 15) is 4.79 Å². The van der Waals surface area contributed by atoms with Crippen LogP contribution in [-0.2, 0) is 4.79 Å². The van der Waals surface area contributed by atoms with Crippen LogP contribution in [0.5, 0.6) is 5.75 Å². The second-order valence-corrected chi connectivity index (χ2v) is 4.14. The van der Waals surface area contributed by atoms with Gasteiger partial charge in [0.05, 0.1) is 0 Å². The Morgan fingerprint density at radius 2 is 2.27 bits per heavy atom. The van der Waals surface area contributed by atoms with E-state index in [1.165, 1.54) is 0 Å². The molecule has 1 unspecified atom stereocenters. The first-order valence-electron chi connectivity index (χ1n) is 4.47. The molecule has 1 aromatic rings. The van der Waals surface area contributed by atoms with Crippen molar-refractivity contribution in [1.82, 2.24) is 0 Å². The molecule has 0 aliphatic heterocycles. The van der Waals surface area contributed by atoms with Crippen LogP contribution in [0.2, 0.25) is 0 Å². The summed E-state index contributed by atoms with van der Waals surface area (Å²) in [6.07, 6.45) is 0. The number of rotatable bonds is 4. The summed E-state index contributed by atoms with van der Waals surface area (Å²) < 4.78 is 6.16. The first-order chi connectivity index (χ1) is 7.00. The molecule has 0 bridgehead atoms. The maximum atomic E-state index is 10.6. The molecule has 0 heterocycles. The van der Waals surface area contributed by atoms with Crippen LogP contribution in [-0.4, -0.2) is 12.5 Å². The van der Waals surface area contributed by atoms with Crippen molar-refractivity contribution < 1.29 is 9.53 Å². The Hall–Kier alpha value is -1.07. The number of ether oxygens (including phenoxy) is 1. The van der Waals surface area contributed by atoms with Gasteiger partial charge in [0.15, 0.2) is 6.61 Å². The smallest absolute Gasteiger partial charge is 0.255 e. The summed E-state index contributed by atoms with van der Waals surface area (Å²) in [4.78, 5) is 10.6. The molecule has 0 aliphatic rings. The van der Waals surface area contributed by atoms with E-state index in [0.717, 1.165) is 10.0 Å². The van der Waals surface area contributed by atoms with E-state index in [-0.39, 0.29) is 12.6 Å². The summed E-state index contributed by atoms with van der Waals surface area (Å²) >= 11 is 3.34. The predicted molar refractivity (Wildman–Crippen MR) is 61.4 cm³/mol. The van der Waals surface area contributed by atoms with Gasteiger partial charge < -0.3 is 16.2 Å². The molecule has 0 saturated carbocycles. The Bertz CT molecular complexity index is 366. The van der Waals surface area contributed by atoms with Crippen molar-refractivity contribution in [3.63, 3.8) is 0 Å². The number of halogens is 1. The third kappa shape index (κ3) is 3.53. The van der Waals surface area contributed by atoms with E-state index in [4.69, 9.17) is 16.2 Å². The molecule has 4 N–H and O–H groups in total. The van der Waals surface area contributed by atoms with Gasteiger partial charge in [0.2, 0.25) is 0 Å². The number of hydrogen-bond donors (Lipinski definition) is 2. The molecule has 0 radical (unpaired) electrons. The monoisotopic (exact) mass is 272 g/mol. The van der Waals surface area contributed by atoms with Gasteiger partial charge in [0.25, 0.3) is 5.91 Å². The van der Waals surface area contributed by atoms with E-state index in [2.05, 4.69) is 15.9 Å². The summed E-state index contributed by atoms with van der Waals surface area (Å²) in [5.41, 5.74) is 11.6. The fraction of sp³-hybridized carbons (Fsp3) is 0.300. The van der Waals surface area contributed by atoms with E-state index < -0.39 is 5.91 Å². The van der Waals surface area contributed by atoms with Crippen LogP contribution in [0.3, 0.4) is 0 Å². The highest BCUT2D eigenvalue weighted by molar-refractivity contribution is 9.10. The van der Waals surface area contributed by atoms with Crippen molar-refractivity contribution in [3.8, 4) is 5.75 Å². The van der Waals surface area contributed by atoms with Gasteiger partial charge in [-0.25, -0.2) is 0 Å². The second kappa shape index (κ2) is 5.14. The van der Waals surface area contributed by atoms with Crippen molar-refractivity contribution in [3.05, 3.63) is 28.2 Å². The second-order valence-electron chi connectivity index (χ2n) is 3.23. The van der Waals surface area contributed by atoms with Crippen LogP contribution in [0, 0.1) is 0 Å². The molecule has 5 heteroatoms. The fourth-order valence-corrected chi connectivity index (χ4v) is 1.53. The highest BCUT2D eigenvalue weighted by atomic mass is 79.9. The van der Waals surface area contributed by atoms with Gasteiger partial charge in [-0.15, -0.1) is 0 Å². The Morgan fingerprint density at radius 1 is 1.60 bits per heavy atom. The number of amides is 1. The fourth-order valence-electron chi connectivity index (χ4n) is 1.16. The lowest BCUT2D eigenvalue weighted by molar-refractivity contribution is -0.119. The zero-order chi connectivity index (χ0) is 11.4. The van der Waals surface area contributed by atoms with Crippen LogP contribution in [0.25, 0.3) is 0 Å². The first kappa shape index (κ1) is 12.0. The first-order valence-corrected chi connectivity index (χ1v) is 5.26. The number of benzene rings is 1. The molecular formula is C10H13BrN2O2. The highest BCUT2D eigenvalue weighted by Gasteiger charge is 2.09. The number of hydrogen-bond acceptors (Lipinski definition) is 3. The van der Waals surface area contributed by atoms with Crippen LogP contribution in [0.15, 0.2) is 22.7 Å². The molecule has 0 spiro atoms. The maximum Gasteiger partial charge on any atom is 0.255 e. The van der Waals surface area contributed by atoms with Gasteiger partial charge in [-0.05, 0) is 25.1 Å². The maximum absolute atomic E-state index is 10.6. The molecule has 4 nitrogen and oxygen atoms in total. The van der Waals surface area contributed by atoms with Gasteiger partial charge in [0, 0.05) is 16.1 Å². The summed E-state index contributed by atoms with van der Waals surface area (Å²) in [5, 5.41) is 0. The van der Waals surface area contributed by atoms with Gasteiger partial charge in [-0.3, -0.25) is 4.79 Å². The Kier molecular flexibility index (Phi) is 4.11. The lowest BCUT2D eigenvalue weighted by Crippen LogP contribution is -2.21. The number of carbonyl (C=O) groups is 1. The van der Waals surface area contributed by atoms with Crippen molar-refractivity contribution in [2.24, 2.45) is 11.5 Å². The standard InChI is InChI=1S/C10H13BrN2O2/c1-6(12)8-4-7(11)2-3-9(8)15-5-10(13)14/h2-4,6H,5,12H2,1H3,(H2,13,14). The molecule has 1 aromatic carbocycles. The lowest BCUT2D eigenvalue weighted by Gasteiger charge is -2.13. The van der Waals surface area contributed by atoms with Gasteiger partial charge in [-0.2, -0.15) is 0 Å². The molecule has 1 rings (SSSR count). The molecule has 1 amide bonds. The summed E-state index contributed by atoms with van der Waals surface area (Å²) in [6.45, 7) is 1.71. The zero-order valence-electron chi connectivity index (χ0n) is 8.37. The average molecular weight is 273 g/mol. The topological polar surface area (TPSA) is 78.3 Å². The van der Waals surface area contributed by atoms with Crippen LogP contribution in [0.1, 0.15) is 18.5 Å². The summed E-state index contributed by atoms with van der Waals surface area (Å²) in [7, 11) is 0. The zero-order valence-corrected chi connectivity index (χ0v) is 9.95. The summed E-state index contributed by atoms with van der Waals surface area (Å²) in [6, 6.07) is 5.28. The third-order valence-electron chi connectivity index (χ3n) is 1.83. The van der Waals surface area contributed by atoms with E-state index in [1.807, 2.05) is 19.1 Å². The minimum Gasteiger partial charge on any atom is -0.483 e. The van der Waals surface area contributed by atoms with E-state index >= 15 is 0 Å². The Balaban J connectivity index is 2.90. The SMILES string of the molecule is CC(N)c1cc(Br)ccc1OCC(N)=O. The Labute approximate surface area is 96.7 Å². The number of nitrogens with two attached hydrogens (primary N) is 2. The van der Waals surface area contributed by atoms with E-state index in [1.54, 1.807) is 6.07 Å². The quantitative estimate of drug-likeness (QED) is 0.868. The minimum absolute atomic E-state index is 0.138. The molecule has 0 fully saturated rings. The molecule has 1 atom stereocenters.